The van der Waals surface area contributed by atoms with Crippen molar-refractivity contribution in [3.8, 4) is 0 Å². The van der Waals surface area contributed by atoms with Gasteiger partial charge >= 0.3 is 19.8 Å². The van der Waals surface area contributed by atoms with E-state index < -0.39 is 26.5 Å². The topological polar surface area (TPSA) is 108 Å². The number of ether oxygens (including phenoxy) is 2. The number of carbonyl (C=O) groups is 2. The molecule has 0 radical (unpaired) electrons. The average Bonchev–Trinajstić information content (AvgIpc) is 3.41. The number of allylic oxidation sites excluding steroid dienone is 6. The molecule has 0 rings (SSSR count). The fourth-order valence-electron chi connectivity index (χ4n) is 10.1. The van der Waals surface area contributed by atoms with E-state index in [-0.39, 0.29) is 25.6 Å². The van der Waals surface area contributed by atoms with Crippen LogP contribution in [0.2, 0.25) is 0 Å². The Labute approximate surface area is 491 Å². The van der Waals surface area contributed by atoms with Gasteiger partial charge in [-0.05, 0) is 70.6 Å². The average molecular weight is 1140 g/mol. The molecule has 0 fully saturated rings. The first-order valence-corrected chi connectivity index (χ1v) is 35.7. The number of phosphoric ester groups is 1. The van der Waals surface area contributed by atoms with Crippen LogP contribution in [-0.2, 0) is 32.7 Å². The minimum Gasteiger partial charge on any atom is -0.462 e. The lowest BCUT2D eigenvalue weighted by Gasteiger charge is -2.24. The fourth-order valence-corrected chi connectivity index (χ4v) is 10.8. The molecule has 10 heteroatoms. The standard InChI is InChI=1S/C69H132NO8P/c1-6-8-10-12-14-16-18-20-22-24-25-26-27-28-29-30-31-32-33-34-35-36-37-38-39-40-41-42-43-44-45-46-48-49-51-53-55-57-59-61-68(71)75-65-67(66-77-79(73,74)76-64-63-70(3,4)5)78-69(72)62-60-58-56-54-52-50-47-23-21-19-17-15-13-11-9-7-2/h17,19,23-25,47,67H,6-16,18,20-22,26-46,48-66H2,1-5H3/p+1/b19-17-,25-24-,47-23-. The maximum Gasteiger partial charge on any atom is 0.472 e. The van der Waals surface area contributed by atoms with Gasteiger partial charge < -0.3 is 18.9 Å². The van der Waals surface area contributed by atoms with Gasteiger partial charge in [0.15, 0.2) is 6.10 Å². The van der Waals surface area contributed by atoms with E-state index in [0.717, 1.165) is 57.8 Å². The zero-order chi connectivity index (χ0) is 57.7. The number of quaternary nitrogens is 1. The number of hydrogen-bond acceptors (Lipinski definition) is 7. The van der Waals surface area contributed by atoms with Crippen molar-refractivity contribution in [2.24, 2.45) is 0 Å². The SMILES string of the molecule is CCCCCC/C=C\C/C=C\CCCCCCCC(=O)OC(COC(=O)CCCCCCCCCCCCCCCCCCCCCCCCCCCCC/C=C\CCCCCCCCCC)COP(=O)(O)OCC[N+](C)(C)C. The Morgan fingerprint density at radius 1 is 0.392 bits per heavy atom. The van der Waals surface area contributed by atoms with Crippen molar-refractivity contribution in [2.45, 2.75) is 347 Å². The highest BCUT2D eigenvalue weighted by molar-refractivity contribution is 7.47. The third-order valence-electron chi connectivity index (χ3n) is 15.4. The van der Waals surface area contributed by atoms with Gasteiger partial charge in [-0.1, -0.05) is 294 Å². The second kappa shape index (κ2) is 60.8. The van der Waals surface area contributed by atoms with Gasteiger partial charge in [-0.15, -0.1) is 0 Å². The van der Waals surface area contributed by atoms with E-state index in [4.69, 9.17) is 18.5 Å². The van der Waals surface area contributed by atoms with E-state index in [1.807, 2.05) is 21.1 Å². The molecular formula is C69H133NO8P+. The summed E-state index contributed by atoms with van der Waals surface area (Å²) in [4.78, 5) is 35.7. The molecule has 0 saturated heterocycles. The van der Waals surface area contributed by atoms with Crippen LogP contribution >= 0.6 is 7.82 Å². The maximum atomic E-state index is 12.8. The second-order valence-electron chi connectivity index (χ2n) is 24.6. The van der Waals surface area contributed by atoms with Gasteiger partial charge in [-0.3, -0.25) is 18.6 Å². The Balaban J connectivity index is 3.86. The van der Waals surface area contributed by atoms with Gasteiger partial charge in [-0.25, -0.2) is 4.57 Å². The molecule has 0 heterocycles. The van der Waals surface area contributed by atoms with E-state index >= 15 is 0 Å². The predicted molar refractivity (Wildman–Crippen MR) is 340 cm³/mol. The summed E-state index contributed by atoms with van der Waals surface area (Å²) in [5.41, 5.74) is 0. The Morgan fingerprint density at radius 2 is 0.684 bits per heavy atom. The number of nitrogens with zero attached hydrogens (tertiary/aromatic N) is 1. The van der Waals surface area contributed by atoms with Gasteiger partial charge in [0.2, 0.25) is 0 Å². The molecule has 0 spiro atoms. The number of hydrogen-bond donors (Lipinski definition) is 1. The highest BCUT2D eigenvalue weighted by Crippen LogP contribution is 2.43. The predicted octanol–water partition coefficient (Wildman–Crippen LogP) is 21.9. The normalized spacial score (nSPS) is 13.3. The van der Waals surface area contributed by atoms with Crippen molar-refractivity contribution in [3.63, 3.8) is 0 Å². The summed E-state index contributed by atoms with van der Waals surface area (Å²) in [7, 11) is 1.48. The molecule has 0 aromatic rings. The molecule has 0 aromatic heterocycles. The molecule has 0 aliphatic heterocycles. The quantitative estimate of drug-likeness (QED) is 0.0211. The van der Waals surface area contributed by atoms with Crippen LogP contribution in [0.3, 0.4) is 0 Å². The van der Waals surface area contributed by atoms with Crippen molar-refractivity contribution < 1.29 is 42.1 Å². The minimum atomic E-state index is -4.39. The number of esters is 2. The van der Waals surface area contributed by atoms with Crippen molar-refractivity contribution in [1.29, 1.82) is 0 Å². The Morgan fingerprint density at radius 3 is 1.03 bits per heavy atom. The molecule has 0 aromatic carbocycles. The summed E-state index contributed by atoms with van der Waals surface area (Å²) < 4.78 is 34.6. The molecule has 0 bridgehead atoms. The minimum absolute atomic E-state index is 0.0305. The van der Waals surface area contributed by atoms with E-state index in [1.54, 1.807) is 0 Å². The maximum absolute atomic E-state index is 12.8. The lowest BCUT2D eigenvalue weighted by molar-refractivity contribution is -0.870. The molecule has 0 amide bonds. The molecule has 2 atom stereocenters. The van der Waals surface area contributed by atoms with Crippen LogP contribution in [0.5, 0.6) is 0 Å². The summed E-state index contributed by atoms with van der Waals surface area (Å²) in [5, 5.41) is 0. The third kappa shape index (κ3) is 65.3. The molecule has 466 valence electrons. The first-order valence-electron chi connectivity index (χ1n) is 34.2. The Hall–Kier alpha value is -1.77. The van der Waals surface area contributed by atoms with Crippen LogP contribution in [-0.4, -0.2) is 74.9 Å². The largest absolute Gasteiger partial charge is 0.472 e. The molecule has 9 nitrogen and oxygen atoms in total. The Kier molecular flexibility index (Phi) is 59.4. The van der Waals surface area contributed by atoms with Crippen LogP contribution in [0.1, 0.15) is 341 Å². The van der Waals surface area contributed by atoms with Gasteiger partial charge in [0.1, 0.15) is 19.8 Å². The van der Waals surface area contributed by atoms with Crippen LogP contribution in [0.4, 0.5) is 0 Å². The van der Waals surface area contributed by atoms with Crippen molar-refractivity contribution in [1.82, 2.24) is 0 Å². The number of rotatable bonds is 64. The number of carbonyl (C=O) groups excluding carboxylic acids is 2. The summed E-state index contributed by atoms with van der Waals surface area (Å²) in [5.74, 6) is -0.798. The third-order valence-corrected chi connectivity index (χ3v) is 16.4. The molecule has 2 unspecified atom stereocenters. The van der Waals surface area contributed by atoms with Crippen LogP contribution in [0, 0.1) is 0 Å². The van der Waals surface area contributed by atoms with E-state index in [9.17, 15) is 19.0 Å². The summed E-state index contributed by atoms with van der Waals surface area (Å²) in [6, 6.07) is 0. The zero-order valence-electron chi connectivity index (χ0n) is 53.1. The molecule has 79 heavy (non-hydrogen) atoms. The summed E-state index contributed by atoms with van der Waals surface area (Å²) >= 11 is 0. The molecule has 1 N–H and O–H groups in total. The monoisotopic (exact) mass is 1130 g/mol. The van der Waals surface area contributed by atoms with Crippen LogP contribution in [0.15, 0.2) is 36.5 Å². The Bertz CT molecular complexity index is 1430. The number of likely N-dealkylation sites (N-methyl/N-ethyl adjacent to an activating group) is 1. The number of phosphoric acid groups is 1. The van der Waals surface area contributed by atoms with E-state index in [1.165, 1.54) is 250 Å². The first-order chi connectivity index (χ1) is 38.5. The van der Waals surface area contributed by atoms with Crippen molar-refractivity contribution in [2.75, 3.05) is 47.5 Å². The summed E-state index contributed by atoms with van der Waals surface area (Å²) in [6.07, 6.45) is 77.0. The summed E-state index contributed by atoms with van der Waals surface area (Å²) in [6.45, 7) is 4.44. The first kappa shape index (κ1) is 77.2. The highest BCUT2D eigenvalue weighted by Gasteiger charge is 2.27. The van der Waals surface area contributed by atoms with Crippen LogP contribution in [0.25, 0.3) is 0 Å². The van der Waals surface area contributed by atoms with Crippen molar-refractivity contribution >= 4 is 19.8 Å². The zero-order valence-corrected chi connectivity index (χ0v) is 54.0. The van der Waals surface area contributed by atoms with E-state index in [0.29, 0.717) is 23.9 Å². The molecular weight excluding hydrogens is 1000 g/mol. The highest BCUT2D eigenvalue weighted by atomic mass is 31.2. The van der Waals surface area contributed by atoms with Crippen LogP contribution < -0.4 is 0 Å². The molecule has 0 aliphatic rings. The molecule has 0 saturated carbocycles. The molecule has 0 aliphatic carbocycles. The second-order valence-corrected chi connectivity index (χ2v) is 26.0. The van der Waals surface area contributed by atoms with Gasteiger partial charge in [0.25, 0.3) is 0 Å². The lowest BCUT2D eigenvalue weighted by Crippen LogP contribution is -2.37. The van der Waals surface area contributed by atoms with Gasteiger partial charge in [-0.2, -0.15) is 0 Å². The number of unbranched alkanes of at least 4 members (excludes halogenated alkanes) is 44. The van der Waals surface area contributed by atoms with Gasteiger partial charge in [0.05, 0.1) is 27.7 Å². The fraction of sp³-hybridized carbons (Fsp3) is 0.884. The van der Waals surface area contributed by atoms with E-state index in [2.05, 4.69) is 50.3 Å². The lowest BCUT2D eigenvalue weighted by atomic mass is 10.0. The van der Waals surface area contributed by atoms with Gasteiger partial charge in [0, 0.05) is 12.8 Å². The smallest absolute Gasteiger partial charge is 0.462 e. The van der Waals surface area contributed by atoms with Crippen molar-refractivity contribution in [3.05, 3.63) is 36.5 Å².